The fraction of sp³-hybridized carbons (Fsp3) is 0.688. The van der Waals surface area contributed by atoms with Gasteiger partial charge in [-0.1, -0.05) is 19.8 Å². The molecule has 24 heavy (non-hydrogen) atoms. The third-order valence-corrected chi connectivity index (χ3v) is 3.95. The van der Waals surface area contributed by atoms with E-state index in [0.717, 1.165) is 19.3 Å². The average molecular weight is 339 g/mol. The molecule has 0 radical (unpaired) electrons. The van der Waals surface area contributed by atoms with Crippen LogP contribution in [0, 0.1) is 5.41 Å². The summed E-state index contributed by atoms with van der Waals surface area (Å²) >= 11 is 0. The quantitative estimate of drug-likeness (QED) is 0.750. The first-order chi connectivity index (χ1) is 11.3. The Hall–Kier alpha value is -1.93. The van der Waals surface area contributed by atoms with Gasteiger partial charge in [0.05, 0.1) is 12.0 Å². The number of rotatable bonds is 7. The van der Waals surface area contributed by atoms with E-state index in [4.69, 9.17) is 19.9 Å². The van der Waals surface area contributed by atoms with Gasteiger partial charge in [-0.25, -0.2) is 4.79 Å². The van der Waals surface area contributed by atoms with Crippen molar-refractivity contribution in [2.45, 2.75) is 52.6 Å². The Bertz CT molecular complexity index is 628. The van der Waals surface area contributed by atoms with Crippen LogP contribution >= 0.6 is 0 Å². The number of esters is 1. The summed E-state index contributed by atoms with van der Waals surface area (Å²) in [6.07, 6.45) is 2.95. The van der Waals surface area contributed by atoms with Crippen LogP contribution in [0.15, 0.2) is 17.1 Å². The average Bonchev–Trinajstić information content (AvgIpc) is 2.99. The molecule has 1 aliphatic rings. The smallest absolute Gasteiger partial charge is 0.351 e. The molecule has 2 atom stereocenters. The minimum absolute atomic E-state index is 0.0119. The van der Waals surface area contributed by atoms with Crippen LogP contribution in [-0.2, 0) is 19.0 Å². The molecular formula is C16H25N3O5. The standard InChI is InChI=1S/C16H25N3O5/c1-4-5-7-16(2,3)14(20)23-10-13-22-9-12(24-13)19-8-6-11(17)18-15(19)21/h6,8,12-13H,4-5,7,9-10H2,1-3H3,(H2,17,18,21). The van der Waals surface area contributed by atoms with Crippen LogP contribution in [0.2, 0.25) is 0 Å². The first-order valence-electron chi connectivity index (χ1n) is 8.12. The number of nitrogens with zero attached hydrogens (tertiary/aromatic N) is 2. The Kier molecular flexibility index (Phi) is 5.95. The molecule has 1 aliphatic heterocycles. The fourth-order valence-electron chi connectivity index (χ4n) is 2.38. The Morgan fingerprint density at radius 1 is 1.54 bits per heavy atom. The summed E-state index contributed by atoms with van der Waals surface area (Å²) in [7, 11) is 0. The summed E-state index contributed by atoms with van der Waals surface area (Å²) in [6.45, 7) is 5.97. The van der Waals surface area contributed by atoms with Gasteiger partial charge < -0.3 is 19.9 Å². The molecule has 0 saturated carbocycles. The van der Waals surface area contributed by atoms with Gasteiger partial charge in [-0.3, -0.25) is 9.36 Å². The maximum atomic E-state index is 12.2. The van der Waals surface area contributed by atoms with Crippen LogP contribution < -0.4 is 11.4 Å². The van der Waals surface area contributed by atoms with Crippen LogP contribution in [0.4, 0.5) is 5.82 Å². The largest absolute Gasteiger partial charge is 0.460 e. The van der Waals surface area contributed by atoms with Crippen molar-refractivity contribution in [3.63, 3.8) is 0 Å². The van der Waals surface area contributed by atoms with Gasteiger partial charge in [-0.2, -0.15) is 4.98 Å². The molecule has 8 nitrogen and oxygen atoms in total. The van der Waals surface area contributed by atoms with Gasteiger partial charge in [-0.15, -0.1) is 0 Å². The van der Waals surface area contributed by atoms with Crippen molar-refractivity contribution in [1.29, 1.82) is 0 Å². The highest BCUT2D eigenvalue weighted by atomic mass is 16.7. The maximum Gasteiger partial charge on any atom is 0.351 e. The highest BCUT2D eigenvalue weighted by Crippen LogP contribution is 2.26. The van der Waals surface area contributed by atoms with Crippen molar-refractivity contribution in [2.24, 2.45) is 5.41 Å². The monoisotopic (exact) mass is 339 g/mol. The number of hydrogen-bond donors (Lipinski definition) is 1. The van der Waals surface area contributed by atoms with Gasteiger partial charge in [0.25, 0.3) is 0 Å². The zero-order valence-electron chi connectivity index (χ0n) is 14.4. The molecule has 2 heterocycles. The number of hydrogen-bond acceptors (Lipinski definition) is 7. The summed E-state index contributed by atoms with van der Waals surface area (Å²) in [5, 5.41) is 0. The van der Waals surface area contributed by atoms with E-state index in [-0.39, 0.29) is 25.0 Å². The molecule has 2 unspecified atom stereocenters. The molecule has 0 amide bonds. The summed E-state index contributed by atoms with van der Waals surface area (Å²) in [5.41, 5.74) is 4.41. The summed E-state index contributed by atoms with van der Waals surface area (Å²) in [5.74, 6) is -0.132. The highest BCUT2D eigenvalue weighted by molar-refractivity contribution is 5.75. The third kappa shape index (κ3) is 4.55. The zero-order valence-corrected chi connectivity index (χ0v) is 14.4. The van der Waals surface area contributed by atoms with Gasteiger partial charge >= 0.3 is 11.7 Å². The van der Waals surface area contributed by atoms with E-state index < -0.39 is 23.6 Å². The number of anilines is 1. The first kappa shape index (κ1) is 18.4. The number of aromatic nitrogens is 2. The minimum atomic E-state index is -0.703. The normalized spacial score (nSPS) is 21.0. The topological polar surface area (TPSA) is 106 Å². The van der Waals surface area contributed by atoms with Crippen molar-refractivity contribution in [3.8, 4) is 0 Å². The lowest BCUT2D eigenvalue weighted by molar-refractivity contribution is -0.168. The van der Waals surface area contributed by atoms with Gasteiger partial charge in [0.1, 0.15) is 12.4 Å². The van der Waals surface area contributed by atoms with E-state index in [0.29, 0.717) is 0 Å². The Morgan fingerprint density at radius 2 is 2.29 bits per heavy atom. The summed E-state index contributed by atoms with van der Waals surface area (Å²) in [6, 6.07) is 1.51. The molecule has 0 aliphatic carbocycles. The zero-order chi connectivity index (χ0) is 17.7. The van der Waals surface area contributed by atoms with E-state index >= 15 is 0 Å². The molecular weight excluding hydrogens is 314 g/mol. The van der Waals surface area contributed by atoms with E-state index in [1.807, 2.05) is 13.8 Å². The van der Waals surface area contributed by atoms with E-state index in [9.17, 15) is 9.59 Å². The number of ether oxygens (including phenoxy) is 3. The fourth-order valence-corrected chi connectivity index (χ4v) is 2.38. The Balaban J connectivity index is 1.86. The second kappa shape index (κ2) is 7.76. The molecule has 1 aromatic rings. The molecule has 1 fully saturated rings. The molecule has 1 saturated heterocycles. The van der Waals surface area contributed by atoms with Crippen molar-refractivity contribution < 1.29 is 19.0 Å². The molecule has 2 rings (SSSR count). The predicted octanol–water partition coefficient (Wildman–Crippen LogP) is 1.46. The molecule has 8 heteroatoms. The van der Waals surface area contributed by atoms with Crippen LogP contribution in [0.1, 0.15) is 46.3 Å². The predicted molar refractivity (Wildman–Crippen MR) is 87.0 cm³/mol. The molecule has 2 N–H and O–H groups in total. The summed E-state index contributed by atoms with van der Waals surface area (Å²) < 4.78 is 17.6. The lowest BCUT2D eigenvalue weighted by Crippen LogP contribution is -2.31. The first-order valence-corrected chi connectivity index (χ1v) is 8.12. The van der Waals surface area contributed by atoms with Crippen LogP contribution in [0.25, 0.3) is 0 Å². The minimum Gasteiger partial charge on any atom is -0.460 e. The molecule has 0 aromatic carbocycles. The van der Waals surface area contributed by atoms with E-state index in [1.165, 1.54) is 16.8 Å². The van der Waals surface area contributed by atoms with Crippen molar-refractivity contribution in [1.82, 2.24) is 9.55 Å². The van der Waals surface area contributed by atoms with Crippen LogP contribution in [0.3, 0.4) is 0 Å². The van der Waals surface area contributed by atoms with E-state index in [2.05, 4.69) is 11.9 Å². The van der Waals surface area contributed by atoms with Crippen molar-refractivity contribution >= 4 is 11.8 Å². The molecule has 0 spiro atoms. The highest BCUT2D eigenvalue weighted by Gasteiger charge is 2.32. The Morgan fingerprint density at radius 3 is 2.96 bits per heavy atom. The number of unbranched alkanes of at least 4 members (excludes halogenated alkanes) is 1. The van der Waals surface area contributed by atoms with Gasteiger partial charge in [0, 0.05) is 6.20 Å². The number of carbonyl (C=O) groups is 1. The number of nitrogens with two attached hydrogens (primary N) is 1. The lowest BCUT2D eigenvalue weighted by atomic mass is 9.87. The second-order valence-corrected chi connectivity index (χ2v) is 6.48. The summed E-state index contributed by atoms with van der Waals surface area (Å²) in [4.78, 5) is 27.6. The third-order valence-electron chi connectivity index (χ3n) is 3.95. The van der Waals surface area contributed by atoms with Gasteiger partial charge in [0.2, 0.25) is 0 Å². The Labute approximate surface area is 140 Å². The van der Waals surface area contributed by atoms with Crippen molar-refractivity contribution in [2.75, 3.05) is 18.9 Å². The van der Waals surface area contributed by atoms with E-state index in [1.54, 1.807) is 0 Å². The number of nitrogen functional groups attached to an aromatic ring is 1. The molecule has 0 bridgehead atoms. The van der Waals surface area contributed by atoms with Crippen LogP contribution in [-0.4, -0.2) is 35.0 Å². The molecule has 1 aromatic heterocycles. The number of carbonyl (C=O) groups excluding carboxylic acids is 1. The lowest BCUT2D eigenvalue weighted by Gasteiger charge is -2.23. The maximum absolute atomic E-state index is 12.2. The molecule has 134 valence electrons. The van der Waals surface area contributed by atoms with Gasteiger partial charge in [0.15, 0.2) is 12.5 Å². The van der Waals surface area contributed by atoms with Gasteiger partial charge in [-0.05, 0) is 26.3 Å². The SMILES string of the molecule is CCCCC(C)(C)C(=O)OCC1OCC(n2ccc(N)nc2=O)O1. The second-order valence-electron chi connectivity index (χ2n) is 6.48. The van der Waals surface area contributed by atoms with Crippen LogP contribution in [0.5, 0.6) is 0 Å². The van der Waals surface area contributed by atoms with Crippen molar-refractivity contribution in [3.05, 3.63) is 22.7 Å².